The summed E-state index contributed by atoms with van der Waals surface area (Å²) in [6.07, 6.45) is 1.67. The van der Waals surface area contributed by atoms with Crippen LogP contribution in [0.1, 0.15) is 50.5 Å². The maximum absolute atomic E-state index is 13.8. The van der Waals surface area contributed by atoms with E-state index >= 15 is 0 Å². The number of benzene rings is 1. The number of hydrogen-bond donors (Lipinski definition) is 2. The van der Waals surface area contributed by atoms with Gasteiger partial charge in [0.05, 0.1) is 17.0 Å². The van der Waals surface area contributed by atoms with E-state index < -0.39 is 23.7 Å². The molecule has 0 unspecified atom stereocenters. The fourth-order valence-corrected chi connectivity index (χ4v) is 5.19. The van der Waals surface area contributed by atoms with Crippen LogP contribution < -0.4 is 16.0 Å². The SMILES string of the molecule is N#Cc1ccc(N2C[C@H](NC(=O)CC3(N)CCCCC3)C[C@H](C(F)(F)F)C2)c2cccnc12. The van der Waals surface area contributed by atoms with Crippen molar-refractivity contribution in [3.8, 4) is 6.07 Å². The monoisotopic (exact) mass is 459 g/mol. The Bertz CT molecular complexity index is 1060. The fraction of sp³-hybridized carbons (Fsp3) is 0.542. The summed E-state index contributed by atoms with van der Waals surface area (Å²) in [4.78, 5) is 18.7. The van der Waals surface area contributed by atoms with E-state index in [1.54, 1.807) is 35.4 Å². The maximum atomic E-state index is 13.8. The van der Waals surface area contributed by atoms with Crippen LogP contribution in [0.4, 0.5) is 18.9 Å². The van der Waals surface area contributed by atoms with Crippen molar-refractivity contribution in [2.75, 3.05) is 18.0 Å². The number of pyridine rings is 1. The van der Waals surface area contributed by atoms with Crippen molar-refractivity contribution in [1.29, 1.82) is 5.26 Å². The molecule has 2 aromatic rings. The zero-order valence-corrected chi connectivity index (χ0v) is 18.4. The van der Waals surface area contributed by atoms with Crippen molar-refractivity contribution in [3.05, 3.63) is 36.0 Å². The third-order valence-corrected chi connectivity index (χ3v) is 6.85. The molecule has 0 spiro atoms. The average molecular weight is 460 g/mol. The number of rotatable bonds is 4. The summed E-state index contributed by atoms with van der Waals surface area (Å²) in [5.41, 5.74) is 7.21. The van der Waals surface area contributed by atoms with Crippen molar-refractivity contribution in [3.63, 3.8) is 0 Å². The predicted octanol–water partition coefficient (Wildman–Crippen LogP) is 4.03. The third-order valence-electron chi connectivity index (χ3n) is 6.85. The number of alkyl halides is 3. The molecular formula is C24H28F3N5O. The summed E-state index contributed by atoms with van der Waals surface area (Å²) in [5.74, 6) is -1.88. The van der Waals surface area contributed by atoms with Gasteiger partial charge in [-0.3, -0.25) is 9.78 Å². The van der Waals surface area contributed by atoms with Gasteiger partial charge in [0.1, 0.15) is 6.07 Å². The van der Waals surface area contributed by atoms with E-state index in [4.69, 9.17) is 5.73 Å². The van der Waals surface area contributed by atoms with E-state index in [0.717, 1.165) is 32.1 Å². The van der Waals surface area contributed by atoms with E-state index in [1.807, 2.05) is 0 Å². The second-order valence-corrected chi connectivity index (χ2v) is 9.39. The van der Waals surface area contributed by atoms with Crippen LogP contribution in [0.2, 0.25) is 0 Å². The van der Waals surface area contributed by atoms with Gasteiger partial charge in [-0.15, -0.1) is 0 Å². The summed E-state index contributed by atoms with van der Waals surface area (Å²) in [6, 6.07) is 8.12. The molecule has 9 heteroatoms. The molecule has 0 radical (unpaired) electrons. The Labute approximate surface area is 190 Å². The van der Waals surface area contributed by atoms with Gasteiger partial charge in [0, 0.05) is 48.4 Å². The van der Waals surface area contributed by atoms with Crippen molar-refractivity contribution >= 4 is 22.5 Å². The first-order valence-corrected chi connectivity index (χ1v) is 11.4. The number of carbonyl (C=O) groups is 1. The molecule has 1 aliphatic carbocycles. The Hall–Kier alpha value is -2.86. The number of hydrogen-bond acceptors (Lipinski definition) is 5. The van der Waals surface area contributed by atoms with Gasteiger partial charge in [0.15, 0.2) is 0 Å². The standard InChI is InChI=1S/C24H28F3N5O/c25-24(26,27)17-11-18(31-21(33)12-23(29)8-2-1-3-9-23)15-32(14-17)20-7-6-16(13-28)22-19(20)5-4-10-30-22/h4-7,10,17-18H,1-3,8-9,11-12,14-15,29H2,(H,31,33)/t17-,18+/m0/s1. The first-order chi connectivity index (χ1) is 15.7. The molecule has 1 saturated carbocycles. The number of anilines is 1. The van der Waals surface area contributed by atoms with Crippen LogP contribution in [0.3, 0.4) is 0 Å². The van der Waals surface area contributed by atoms with Crippen LogP contribution in [0, 0.1) is 17.2 Å². The summed E-state index contributed by atoms with van der Waals surface area (Å²) in [6.45, 7) is 0.0262. The number of aromatic nitrogens is 1. The Morgan fingerprint density at radius 3 is 2.70 bits per heavy atom. The molecule has 1 aromatic heterocycles. The lowest BCUT2D eigenvalue weighted by atomic mass is 9.80. The van der Waals surface area contributed by atoms with Gasteiger partial charge < -0.3 is 16.0 Å². The molecule has 2 fully saturated rings. The van der Waals surface area contributed by atoms with E-state index in [2.05, 4.69) is 16.4 Å². The van der Waals surface area contributed by atoms with Crippen molar-refractivity contribution in [2.45, 2.75) is 62.7 Å². The number of amides is 1. The molecule has 4 rings (SSSR count). The fourth-order valence-electron chi connectivity index (χ4n) is 5.19. The maximum Gasteiger partial charge on any atom is 0.393 e. The van der Waals surface area contributed by atoms with Crippen LogP contribution in [0.5, 0.6) is 0 Å². The molecule has 2 heterocycles. The minimum Gasteiger partial charge on any atom is -0.368 e. The number of nitrogens with one attached hydrogen (secondary N) is 1. The highest BCUT2D eigenvalue weighted by Crippen LogP contribution is 2.37. The van der Waals surface area contributed by atoms with E-state index in [0.29, 0.717) is 22.2 Å². The molecule has 6 nitrogen and oxygen atoms in total. The van der Waals surface area contributed by atoms with Crippen LogP contribution >= 0.6 is 0 Å². The first-order valence-electron chi connectivity index (χ1n) is 11.4. The number of nitriles is 1. The van der Waals surface area contributed by atoms with E-state index in [-0.39, 0.29) is 31.8 Å². The van der Waals surface area contributed by atoms with Gasteiger partial charge in [-0.25, -0.2) is 0 Å². The van der Waals surface area contributed by atoms with Crippen molar-refractivity contribution < 1.29 is 18.0 Å². The third kappa shape index (κ3) is 5.22. The van der Waals surface area contributed by atoms with Crippen LogP contribution in [-0.2, 0) is 4.79 Å². The first kappa shape index (κ1) is 23.3. The quantitative estimate of drug-likeness (QED) is 0.720. The smallest absolute Gasteiger partial charge is 0.368 e. The predicted molar refractivity (Wildman–Crippen MR) is 119 cm³/mol. The number of nitrogens with zero attached hydrogens (tertiary/aromatic N) is 3. The van der Waals surface area contributed by atoms with Gasteiger partial charge in [-0.1, -0.05) is 19.3 Å². The normalized spacial score (nSPS) is 23.2. The zero-order valence-electron chi connectivity index (χ0n) is 18.4. The highest BCUT2D eigenvalue weighted by molar-refractivity contribution is 5.95. The highest BCUT2D eigenvalue weighted by Gasteiger charge is 2.45. The highest BCUT2D eigenvalue weighted by atomic mass is 19.4. The Morgan fingerprint density at radius 1 is 1.24 bits per heavy atom. The zero-order chi connectivity index (χ0) is 23.6. The molecule has 176 valence electrons. The van der Waals surface area contributed by atoms with E-state index in [9.17, 15) is 23.2 Å². The lowest BCUT2D eigenvalue weighted by Crippen LogP contribution is -2.55. The lowest BCUT2D eigenvalue weighted by molar-refractivity contribution is -0.178. The van der Waals surface area contributed by atoms with Crippen molar-refractivity contribution in [1.82, 2.24) is 10.3 Å². The minimum absolute atomic E-state index is 0.129. The van der Waals surface area contributed by atoms with Gasteiger partial charge >= 0.3 is 6.18 Å². The topological polar surface area (TPSA) is 95.0 Å². The van der Waals surface area contributed by atoms with Crippen LogP contribution in [-0.4, -0.2) is 41.7 Å². The van der Waals surface area contributed by atoms with Crippen molar-refractivity contribution in [2.24, 2.45) is 11.7 Å². The molecule has 1 aliphatic heterocycles. The number of halogens is 3. The second kappa shape index (κ2) is 9.18. The van der Waals surface area contributed by atoms with Gasteiger partial charge in [-0.05, 0) is 43.5 Å². The largest absolute Gasteiger partial charge is 0.393 e. The molecule has 33 heavy (non-hydrogen) atoms. The molecular weight excluding hydrogens is 431 g/mol. The Morgan fingerprint density at radius 2 is 2.00 bits per heavy atom. The molecule has 3 N–H and O–H groups in total. The number of nitrogens with two attached hydrogens (primary N) is 1. The number of piperidine rings is 1. The molecule has 2 aliphatic rings. The summed E-state index contributed by atoms with van der Waals surface area (Å²) < 4.78 is 41.4. The molecule has 1 amide bonds. The van der Waals surface area contributed by atoms with Crippen LogP contribution in [0.15, 0.2) is 30.5 Å². The summed E-state index contributed by atoms with van der Waals surface area (Å²) in [7, 11) is 0. The van der Waals surface area contributed by atoms with Crippen LogP contribution in [0.25, 0.3) is 10.9 Å². The Kier molecular flexibility index (Phi) is 6.48. The number of carbonyl (C=O) groups excluding carboxylic acids is 1. The summed E-state index contributed by atoms with van der Waals surface area (Å²) in [5, 5.41) is 12.8. The number of fused-ring (bicyclic) bond motifs is 1. The Balaban J connectivity index is 1.58. The minimum atomic E-state index is -4.39. The van der Waals surface area contributed by atoms with E-state index in [1.165, 1.54) is 0 Å². The molecule has 1 saturated heterocycles. The lowest BCUT2D eigenvalue weighted by Gasteiger charge is -2.41. The average Bonchev–Trinajstić information content (AvgIpc) is 2.77. The molecule has 2 atom stereocenters. The molecule has 1 aromatic carbocycles. The van der Waals surface area contributed by atoms with Gasteiger partial charge in [-0.2, -0.15) is 18.4 Å². The second-order valence-electron chi connectivity index (χ2n) is 9.39. The molecule has 0 bridgehead atoms. The van der Waals surface area contributed by atoms with Gasteiger partial charge in [0.25, 0.3) is 0 Å². The summed E-state index contributed by atoms with van der Waals surface area (Å²) >= 11 is 0. The van der Waals surface area contributed by atoms with Gasteiger partial charge in [0.2, 0.25) is 5.91 Å².